The highest BCUT2D eigenvalue weighted by Crippen LogP contribution is 2.33. The number of fused-ring (bicyclic) bond motifs is 1. The van der Waals surface area contributed by atoms with Crippen molar-refractivity contribution < 1.29 is 18.0 Å². The summed E-state index contributed by atoms with van der Waals surface area (Å²) in [5, 5.41) is 6.36. The zero-order valence-electron chi connectivity index (χ0n) is 17.9. The van der Waals surface area contributed by atoms with E-state index >= 15 is 0 Å². The van der Waals surface area contributed by atoms with Gasteiger partial charge in [-0.2, -0.15) is 16.1 Å². The first kappa shape index (κ1) is 22.9. The highest BCUT2D eigenvalue weighted by atomic mass is 32.2. The number of piperazine rings is 1. The van der Waals surface area contributed by atoms with Crippen molar-refractivity contribution in [2.75, 3.05) is 31.9 Å². The minimum absolute atomic E-state index is 0.0686. The molecule has 11 heteroatoms. The van der Waals surface area contributed by atoms with E-state index < -0.39 is 10.0 Å². The summed E-state index contributed by atoms with van der Waals surface area (Å²) in [6.07, 6.45) is 3.26. The molecule has 3 atom stereocenters. The van der Waals surface area contributed by atoms with Crippen LogP contribution in [0.25, 0.3) is 0 Å². The van der Waals surface area contributed by atoms with Gasteiger partial charge in [0.15, 0.2) is 0 Å². The van der Waals surface area contributed by atoms with Crippen molar-refractivity contribution in [1.82, 2.24) is 19.8 Å². The minimum Gasteiger partial charge on any atom is -0.340 e. The SMILES string of the molecule is Cc1cc(S(=O)(=O)N2CCN(C(=O)CCCC[C@@H]3SC[C@@H]4NC(=O)N[C@@H]43)CC2)c(C)s1. The lowest BCUT2D eigenvalue weighted by Gasteiger charge is -2.34. The Morgan fingerprint density at radius 3 is 2.58 bits per heavy atom. The van der Waals surface area contributed by atoms with E-state index in [1.807, 2.05) is 25.6 Å². The molecule has 0 unspecified atom stereocenters. The van der Waals surface area contributed by atoms with Gasteiger partial charge in [-0.3, -0.25) is 4.79 Å². The van der Waals surface area contributed by atoms with Gasteiger partial charge >= 0.3 is 6.03 Å². The largest absolute Gasteiger partial charge is 0.340 e. The van der Waals surface area contributed by atoms with Crippen LogP contribution in [-0.4, -0.2) is 78.8 Å². The molecular weight excluding hydrogens is 456 g/mol. The molecule has 1 aromatic heterocycles. The first-order valence-electron chi connectivity index (χ1n) is 10.8. The number of thiophene rings is 1. The lowest BCUT2D eigenvalue weighted by molar-refractivity contribution is -0.132. The van der Waals surface area contributed by atoms with Gasteiger partial charge in [0, 0.05) is 53.4 Å². The zero-order valence-corrected chi connectivity index (χ0v) is 20.4. The van der Waals surface area contributed by atoms with Gasteiger partial charge in [0.1, 0.15) is 0 Å². The molecule has 0 radical (unpaired) electrons. The van der Waals surface area contributed by atoms with Crippen LogP contribution in [0.1, 0.15) is 35.4 Å². The van der Waals surface area contributed by atoms with Gasteiger partial charge in [-0.25, -0.2) is 13.2 Å². The summed E-state index contributed by atoms with van der Waals surface area (Å²) in [5.74, 6) is 1.05. The van der Waals surface area contributed by atoms with Crippen molar-refractivity contribution in [1.29, 1.82) is 0 Å². The quantitative estimate of drug-likeness (QED) is 0.453. The standard InChI is InChI=1S/C20H30N4O4S3/c1-13-11-17(14(2)30-13)31(27,28)24-9-7-23(8-10-24)18(25)6-4-3-5-16-19-15(12-29-16)21-20(26)22-19/h11,15-16,19H,3-10,12H2,1-2H3,(H2,21,22,26)/t15-,16-,19-/m0/s1. The van der Waals surface area contributed by atoms with Crippen LogP contribution in [0.2, 0.25) is 0 Å². The van der Waals surface area contributed by atoms with Crippen LogP contribution in [0.3, 0.4) is 0 Å². The molecule has 0 aromatic carbocycles. The van der Waals surface area contributed by atoms with Gasteiger partial charge in [0.05, 0.1) is 17.0 Å². The Kier molecular flexibility index (Phi) is 6.85. The second kappa shape index (κ2) is 9.29. The first-order chi connectivity index (χ1) is 14.8. The Hall–Kier alpha value is -1.30. The fourth-order valence-electron chi connectivity index (χ4n) is 4.60. The van der Waals surface area contributed by atoms with Gasteiger partial charge in [-0.05, 0) is 32.8 Å². The van der Waals surface area contributed by atoms with Crippen molar-refractivity contribution in [2.45, 2.75) is 61.8 Å². The number of amides is 3. The number of hydrogen-bond donors (Lipinski definition) is 2. The third kappa shape index (κ3) is 4.89. The van der Waals surface area contributed by atoms with Crippen LogP contribution in [0, 0.1) is 13.8 Å². The molecule has 4 heterocycles. The molecule has 3 aliphatic heterocycles. The van der Waals surface area contributed by atoms with E-state index in [0.717, 1.165) is 34.8 Å². The Morgan fingerprint density at radius 2 is 1.90 bits per heavy atom. The molecule has 31 heavy (non-hydrogen) atoms. The lowest BCUT2D eigenvalue weighted by atomic mass is 10.0. The average molecular weight is 487 g/mol. The third-order valence-corrected chi connectivity index (χ3v) is 10.9. The summed E-state index contributed by atoms with van der Waals surface area (Å²) in [4.78, 5) is 28.0. The van der Waals surface area contributed by atoms with Crippen LogP contribution in [0.15, 0.2) is 11.0 Å². The molecule has 2 N–H and O–H groups in total. The van der Waals surface area contributed by atoms with Gasteiger partial charge < -0.3 is 15.5 Å². The number of nitrogens with one attached hydrogen (secondary N) is 2. The Bertz CT molecular complexity index is 940. The summed E-state index contributed by atoms with van der Waals surface area (Å²) >= 11 is 3.39. The van der Waals surface area contributed by atoms with Crippen molar-refractivity contribution in [3.05, 3.63) is 15.8 Å². The second-order valence-electron chi connectivity index (χ2n) is 8.43. The monoisotopic (exact) mass is 486 g/mol. The third-order valence-electron chi connectivity index (χ3n) is 6.27. The smallest absolute Gasteiger partial charge is 0.315 e. The number of sulfonamides is 1. The van der Waals surface area contributed by atoms with E-state index in [1.165, 1.54) is 15.6 Å². The normalized spacial score (nSPS) is 26.6. The number of carbonyl (C=O) groups is 2. The molecule has 0 bridgehead atoms. The minimum atomic E-state index is -3.49. The summed E-state index contributed by atoms with van der Waals surface area (Å²) in [6.45, 7) is 5.33. The molecule has 4 rings (SSSR count). The average Bonchev–Trinajstić information content (AvgIpc) is 3.39. The highest BCUT2D eigenvalue weighted by Gasteiger charge is 2.42. The molecule has 3 aliphatic rings. The highest BCUT2D eigenvalue weighted by molar-refractivity contribution is 8.00. The van der Waals surface area contributed by atoms with E-state index in [4.69, 9.17) is 0 Å². The number of hydrogen-bond acceptors (Lipinski definition) is 6. The lowest BCUT2D eigenvalue weighted by Crippen LogP contribution is -2.50. The van der Waals surface area contributed by atoms with Crippen LogP contribution >= 0.6 is 23.1 Å². The molecule has 0 aliphatic carbocycles. The maximum absolute atomic E-state index is 12.9. The number of rotatable bonds is 7. The first-order valence-corrected chi connectivity index (χ1v) is 14.1. The molecule has 172 valence electrons. The predicted octanol–water partition coefficient (Wildman–Crippen LogP) is 1.92. The number of carbonyl (C=O) groups excluding carboxylic acids is 2. The predicted molar refractivity (Wildman–Crippen MR) is 123 cm³/mol. The molecule has 1 aromatic rings. The molecule has 3 fully saturated rings. The van der Waals surface area contributed by atoms with Crippen LogP contribution < -0.4 is 10.6 Å². The van der Waals surface area contributed by atoms with Crippen LogP contribution in [0.4, 0.5) is 4.79 Å². The van der Waals surface area contributed by atoms with Crippen molar-refractivity contribution in [3.63, 3.8) is 0 Å². The number of aryl methyl sites for hydroxylation is 2. The van der Waals surface area contributed by atoms with Crippen molar-refractivity contribution in [2.24, 2.45) is 0 Å². The fourth-order valence-corrected chi connectivity index (χ4v) is 9.09. The molecule has 0 saturated carbocycles. The molecular formula is C20H30N4O4S3. The number of nitrogens with zero attached hydrogens (tertiary/aromatic N) is 2. The van der Waals surface area contributed by atoms with E-state index in [0.29, 0.717) is 42.7 Å². The Morgan fingerprint density at radius 1 is 1.16 bits per heavy atom. The topological polar surface area (TPSA) is 98.8 Å². The van der Waals surface area contributed by atoms with E-state index in [2.05, 4.69) is 10.6 Å². The summed E-state index contributed by atoms with van der Waals surface area (Å²) < 4.78 is 27.4. The van der Waals surface area contributed by atoms with Gasteiger partial charge in [0.25, 0.3) is 0 Å². The summed E-state index contributed by atoms with van der Waals surface area (Å²) in [5.41, 5.74) is 0. The Balaban J connectivity index is 1.19. The molecule has 8 nitrogen and oxygen atoms in total. The van der Waals surface area contributed by atoms with E-state index in [1.54, 1.807) is 11.0 Å². The van der Waals surface area contributed by atoms with Crippen LogP contribution in [0.5, 0.6) is 0 Å². The van der Waals surface area contributed by atoms with Gasteiger partial charge in [-0.15, -0.1) is 11.3 Å². The molecule has 0 spiro atoms. The van der Waals surface area contributed by atoms with Crippen LogP contribution in [-0.2, 0) is 14.8 Å². The fraction of sp³-hybridized carbons (Fsp3) is 0.700. The maximum atomic E-state index is 12.9. The summed E-state index contributed by atoms with van der Waals surface area (Å²) in [6, 6.07) is 2.11. The summed E-state index contributed by atoms with van der Waals surface area (Å²) in [7, 11) is -3.49. The second-order valence-corrected chi connectivity index (χ2v) is 13.1. The molecule has 3 amide bonds. The Labute approximate surface area is 192 Å². The maximum Gasteiger partial charge on any atom is 0.315 e. The number of thioether (sulfide) groups is 1. The number of urea groups is 1. The van der Waals surface area contributed by atoms with Gasteiger partial charge in [-0.1, -0.05) is 6.42 Å². The van der Waals surface area contributed by atoms with Crippen molar-refractivity contribution >= 4 is 45.1 Å². The molecule has 3 saturated heterocycles. The van der Waals surface area contributed by atoms with E-state index in [-0.39, 0.29) is 24.0 Å². The van der Waals surface area contributed by atoms with Crippen molar-refractivity contribution in [3.8, 4) is 0 Å². The zero-order chi connectivity index (χ0) is 22.2. The van der Waals surface area contributed by atoms with Gasteiger partial charge in [0.2, 0.25) is 15.9 Å². The van der Waals surface area contributed by atoms with E-state index in [9.17, 15) is 18.0 Å². The number of unbranched alkanes of at least 4 members (excludes halogenated alkanes) is 1.